The average Bonchev–Trinajstić information content (AvgIpc) is 2.19. The van der Waals surface area contributed by atoms with Gasteiger partial charge in [0, 0.05) is 6.61 Å². The molecule has 14 heavy (non-hydrogen) atoms. The molecule has 1 aromatic carbocycles. The highest BCUT2D eigenvalue weighted by atomic mass is 16.3. The summed E-state index contributed by atoms with van der Waals surface area (Å²) in [5.41, 5.74) is 2.09. The molecule has 0 spiro atoms. The van der Waals surface area contributed by atoms with Crippen LogP contribution in [0, 0.1) is 0 Å². The Morgan fingerprint density at radius 3 is 1.64 bits per heavy atom. The molecule has 0 aromatic heterocycles. The summed E-state index contributed by atoms with van der Waals surface area (Å²) in [5.74, 6) is 0.484. The zero-order valence-corrected chi connectivity index (χ0v) is 9.25. The quantitative estimate of drug-likeness (QED) is 0.763. The first-order valence-corrected chi connectivity index (χ1v) is 5.11. The summed E-state index contributed by atoms with van der Waals surface area (Å²) >= 11 is 0. The fourth-order valence-corrected chi connectivity index (χ4v) is 1.22. The smallest absolute Gasteiger partial charge is 0.121 e. The van der Waals surface area contributed by atoms with Crippen molar-refractivity contribution in [2.24, 2.45) is 0 Å². The number of benzene rings is 1. The Balaban J connectivity index is 0.000000500. The molecular weight excluding hydrogens is 176 g/mol. The second kappa shape index (κ2) is 7.39. The molecule has 0 saturated heterocycles. The second-order valence-corrected chi connectivity index (χ2v) is 2.95. The van der Waals surface area contributed by atoms with E-state index in [1.807, 2.05) is 18.2 Å². The fourth-order valence-electron chi connectivity index (χ4n) is 1.22. The standard InChI is InChI=1S/C10H14O.C2H6O/c1-3-8-6-5-7-9(4-2)10(8)11;1-2-3/h5-7,11H,3-4H2,1-2H3;3H,2H2,1H3. The summed E-state index contributed by atoms with van der Waals surface area (Å²) in [7, 11) is 0. The summed E-state index contributed by atoms with van der Waals surface area (Å²) in [6, 6.07) is 5.93. The van der Waals surface area contributed by atoms with Crippen LogP contribution in [0.3, 0.4) is 0 Å². The van der Waals surface area contributed by atoms with E-state index in [1.165, 1.54) is 0 Å². The van der Waals surface area contributed by atoms with Crippen LogP contribution >= 0.6 is 0 Å². The lowest BCUT2D eigenvalue weighted by molar-refractivity contribution is 0.318. The highest BCUT2D eigenvalue weighted by Gasteiger charge is 2.01. The zero-order chi connectivity index (χ0) is 11.0. The van der Waals surface area contributed by atoms with Gasteiger partial charge >= 0.3 is 0 Å². The summed E-state index contributed by atoms with van der Waals surface area (Å²) in [6.07, 6.45) is 1.80. The minimum atomic E-state index is 0.250. The van der Waals surface area contributed by atoms with E-state index in [-0.39, 0.29) is 6.61 Å². The Kier molecular flexibility index (Phi) is 6.85. The summed E-state index contributed by atoms with van der Waals surface area (Å²) in [4.78, 5) is 0. The van der Waals surface area contributed by atoms with E-state index in [0.717, 1.165) is 24.0 Å². The molecule has 0 aliphatic carbocycles. The first-order valence-electron chi connectivity index (χ1n) is 5.11. The molecule has 80 valence electrons. The van der Waals surface area contributed by atoms with Crippen molar-refractivity contribution in [1.29, 1.82) is 0 Å². The largest absolute Gasteiger partial charge is 0.507 e. The van der Waals surface area contributed by atoms with E-state index in [0.29, 0.717) is 5.75 Å². The maximum Gasteiger partial charge on any atom is 0.121 e. The molecule has 0 aliphatic rings. The Morgan fingerprint density at radius 1 is 1.00 bits per heavy atom. The molecule has 1 aromatic rings. The van der Waals surface area contributed by atoms with Gasteiger partial charge in [0.25, 0.3) is 0 Å². The van der Waals surface area contributed by atoms with Crippen LogP contribution in [0.2, 0.25) is 0 Å². The predicted molar refractivity (Wildman–Crippen MR) is 59.6 cm³/mol. The molecule has 1 rings (SSSR count). The molecule has 0 atom stereocenters. The predicted octanol–water partition coefficient (Wildman–Crippen LogP) is 2.52. The number of aliphatic hydroxyl groups excluding tert-OH is 1. The van der Waals surface area contributed by atoms with Crippen molar-refractivity contribution in [1.82, 2.24) is 0 Å². The number of para-hydroxylation sites is 1. The van der Waals surface area contributed by atoms with Gasteiger partial charge in [0.1, 0.15) is 5.75 Å². The van der Waals surface area contributed by atoms with Gasteiger partial charge < -0.3 is 10.2 Å². The van der Waals surface area contributed by atoms with E-state index in [9.17, 15) is 5.11 Å². The van der Waals surface area contributed by atoms with E-state index in [2.05, 4.69) is 13.8 Å². The van der Waals surface area contributed by atoms with Crippen molar-refractivity contribution in [3.05, 3.63) is 29.3 Å². The van der Waals surface area contributed by atoms with E-state index in [4.69, 9.17) is 5.11 Å². The van der Waals surface area contributed by atoms with Crippen LogP contribution in [-0.2, 0) is 12.8 Å². The van der Waals surface area contributed by atoms with Crippen molar-refractivity contribution in [2.45, 2.75) is 33.6 Å². The number of phenolic OH excluding ortho intramolecular Hbond substituents is 1. The van der Waals surface area contributed by atoms with Crippen molar-refractivity contribution in [2.75, 3.05) is 6.61 Å². The minimum absolute atomic E-state index is 0.250. The van der Waals surface area contributed by atoms with E-state index >= 15 is 0 Å². The Morgan fingerprint density at radius 2 is 1.36 bits per heavy atom. The van der Waals surface area contributed by atoms with Gasteiger partial charge in [-0.3, -0.25) is 0 Å². The third-order valence-corrected chi connectivity index (χ3v) is 1.96. The summed E-state index contributed by atoms with van der Waals surface area (Å²) in [5, 5.41) is 17.2. The zero-order valence-electron chi connectivity index (χ0n) is 9.25. The number of hydrogen-bond donors (Lipinski definition) is 2. The Bertz CT molecular complexity index is 234. The molecule has 2 heteroatoms. The normalized spacial score (nSPS) is 9.14. The van der Waals surface area contributed by atoms with E-state index < -0.39 is 0 Å². The molecule has 0 radical (unpaired) electrons. The van der Waals surface area contributed by atoms with Gasteiger partial charge in [0.05, 0.1) is 0 Å². The monoisotopic (exact) mass is 196 g/mol. The van der Waals surface area contributed by atoms with Gasteiger partial charge in [0.2, 0.25) is 0 Å². The number of aryl methyl sites for hydroxylation is 2. The summed E-state index contributed by atoms with van der Waals surface area (Å²) in [6.45, 7) is 6.03. The lowest BCUT2D eigenvalue weighted by Gasteiger charge is -2.05. The van der Waals surface area contributed by atoms with Gasteiger partial charge in [-0.2, -0.15) is 0 Å². The van der Waals surface area contributed by atoms with Gasteiger partial charge in [-0.15, -0.1) is 0 Å². The number of aliphatic hydroxyl groups is 1. The van der Waals surface area contributed by atoms with Crippen molar-refractivity contribution < 1.29 is 10.2 Å². The van der Waals surface area contributed by atoms with Gasteiger partial charge in [-0.1, -0.05) is 32.0 Å². The van der Waals surface area contributed by atoms with Crippen LogP contribution in [0.4, 0.5) is 0 Å². The second-order valence-electron chi connectivity index (χ2n) is 2.95. The van der Waals surface area contributed by atoms with Crippen LogP contribution in [-0.4, -0.2) is 16.8 Å². The molecular formula is C12H20O2. The van der Waals surface area contributed by atoms with E-state index in [1.54, 1.807) is 6.92 Å². The SMILES string of the molecule is CCO.CCc1cccc(CC)c1O. The highest BCUT2D eigenvalue weighted by Crippen LogP contribution is 2.22. The molecule has 2 nitrogen and oxygen atoms in total. The Labute approximate surface area is 86.2 Å². The van der Waals surface area contributed by atoms with Crippen LogP contribution in [0.15, 0.2) is 18.2 Å². The molecule has 0 amide bonds. The van der Waals surface area contributed by atoms with Crippen molar-refractivity contribution in [3.8, 4) is 5.75 Å². The number of rotatable bonds is 2. The maximum absolute atomic E-state index is 9.59. The lowest BCUT2D eigenvalue weighted by Crippen LogP contribution is -1.86. The number of phenols is 1. The maximum atomic E-state index is 9.59. The van der Waals surface area contributed by atoms with Gasteiger partial charge in [-0.25, -0.2) is 0 Å². The first kappa shape index (κ1) is 13.0. The average molecular weight is 196 g/mol. The third-order valence-electron chi connectivity index (χ3n) is 1.96. The number of aromatic hydroxyl groups is 1. The van der Waals surface area contributed by atoms with Crippen LogP contribution in [0.5, 0.6) is 5.75 Å². The summed E-state index contributed by atoms with van der Waals surface area (Å²) < 4.78 is 0. The van der Waals surface area contributed by atoms with Gasteiger partial charge in [0.15, 0.2) is 0 Å². The van der Waals surface area contributed by atoms with Gasteiger partial charge in [-0.05, 0) is 30.9 Å². The topological polar surface area (TPSA) is 40.5 Å². The fraction of sp³-hybridized carbons (Fsp3) is 0.500. The molecule has 0 saturated carbocycles. The van der Waals surface area contributed by atoms with Crippen LogP contribution in [0.25, 0.3) is 0 Å². The highest BCUT2D eigenvalue weighted by molar-refractivity contribution is 5.40. The van der Waals surface area contributed by atoms with Crippen molar-refractivity contribution in [3.63, 3.8) is 0 Å². The van der Waals surface area contributed by atoms with Crippen molar-refractivity contribution >= 4 is 0 Å². The molecule has 0 fully saturated rings. The molecule has 0 aliphatic heterocycles. The molecule has 0 unspecified atom stereocenters. The van der Waals surface area contributed by atoms with Crippen LogP contribution in [0.1, 0.15) is 31.9 Å². The molecule has 0 bridgehead atoms. The third kappa shape index (κ3) is 3.79. The number of hydrogen-bond acceptors (Lipinski definition) is 2. The Hall–Kier alpha value is -1.02. The first-order chi connectivity index (χ1) is 6.71. The molecule has 2 N–H and O–H groups in total. The van der Waals surface area contributed by atoms with Crippen LogP contribution < -0.4 is 0 Å². The minimum Gasteiger partial charge on any atom is -0.507 e. The lowest BCUT2D eigenvalue weighted by atomic mass is 10.1. The molecule has 0 heterocycles.